The molecule has 0 heterocycles. The summed E-state index contributed by atoms with van der Waals surface area (Å²) in [5, 5.41) is 2.80. The lowest BCUT2D eigenvalue weighted by atomic mass is 10.1. The van der Waals surface area contributed by atoms with Gasteiger partial charge in [-0.25, -0.2) is 0 Å². The molecule has 0 rings (SSSR count). The smallest absolute Gasteiger partial charge is 0.236 e. The molecule has 0 bridgehead atoms. The summed E-state index contributed by atoms with van der Waals surface area (Å²) >= 11 is 0. The van der Waals surface area contributed by atoms with Gasteiger partial charge in [-0.15, -0.1) is 0 Å². The van der Waals surface area contributed by atoms with Gasteiger partial charge < -0.3 is 11.1 Å². The van der Waals surface area contributed by atoms with Gasteiger partial charge in [-0.1, -0.05) is 26.7 Å². The predicted octanol–water partition coefficient (Wildman–Crippen LogP) is 1.03. The maximum atomic E-state index is 11.2. The number of hydrogen-bond acceptors (Lipinski definition) is 2. The summed E-state index contributed by atoms with van der Waals surface area (Å²) in [6, 6.07) is -0.313. The average Bonchev–Trinajstić information content (AvgIpc) is 2.05. The summed E-state index contributed by atoms with van der Waals surface area (Å²) < 4.78 is 0. The molecule has 1 amide bonds. The van der Waals surface area contributed by atoms with Crippen LogP contribution in [0.4, 0.5) is 0 Å². The number of carbonyl (C=O) groups excluding carboxylic acids is 1. The van der Waals surface area contributed by atoms with Crippen molar-refractivity contribution in [2.45, 2.75) is 45.6 Å². The van der Waals surface area contributed by atoms with Crippen LogP contribution in [0, 0.1) is 0 Å². The Kier molecular flexibility index (Phi) is 6.76. The minimum Gasteiger partial charge on any atom is -0.355 e. The molecule has 0 unspecified atom stereocenters. The van der Waals surface area contributed by atoms with E-state index in [4.69, 9.17) is 5.73 Å². The van der Waals surface area contributed by atoms with E-state index in [1.165, 1.54) is 0 Å². The standard InChI is InChI=1S/C9H20N2O/c1-3-5-7-11-9(12)8(10)6-4-2/h8H,3-7,10H2,1-2H3,(H,11,12)/t8-/m1/s1. The van der Waals surface area contributed by atoms with Gasteiger partial charge in [0.15, 0.2) is 0 Å². The van der Waals surface area contributed by atoms with E-state index in [1.54, 1.807) is 0 Å². The number of carbonyl (C=O) groups is 1. The molecule has 0 aromatic carbocycles. The second-order valence-electron chi connectivity index (χ2n) is 3.04. The molecule has 0 spiro atoms. The van der Waals surface area contributed by atoms with Gasteiger partial charge in [-0.3, -0.25) is 4.79 Å². The predicted molar refractivity (Wildman–Crippen MR) is 50.8 cm³/mol. The Hall–Kier alpha value is -0.570. The van der Waals surface area contributed by atoms with E-state index < -0.39 is 0 Å². The molecule has 12 heavy (non-hydrogen) atoms. The van der Waals surface area contributed by atoms with E-state index >= 15 is 0 Å². The van der Waals surface area contributed by atoms with Crippen LogP contribution in [-0.2, 0) is 4.79 Å². The second-order valence-corrected chi connectivity index (χ2v) is 3.04. The van der Waals surface area contributed by atoms with E-state index in [1.807, 2.05) is 6.92 Å². The third kappa shape index (κ3) is 5.13. The van der Waals surface area contributed by atoms with Crippen LogP contribution < -0.4 is 11.1 Å². The van der Waals surface area contributed by atoms with Gasteiger partial charge in [0.05, 0.1) is 6.04 Å². The SMILES string of the molecule is CCCCNC(=O)[C@H](N)CCC. The zero-order chi connectivity index (χ0) is 9.40. The third-order valence-corrected chi connectivity index (χ3v) is 1.77. The monoisotopic (exact) mass is 172 g/mol. The van der Waals surface area contributed by atoms with Gasteiger partial charge in [0, 0.05) is 6.54 Å². The third-order valence-electron chi connectivity index (χ3n) is 1.77. The van der Waals surface area contributed by atoms with E-state index in [9.17, 15) is 4.79 Å². The van der Waals surface area contributed by atoms with E-state index in [-0.39, 0.29) is 11.9 Å². The Labute approximate surface area is 74.7 Å². The fourth-order valence-corrected chi connectivity index (χ4v) is 0.962. The number of nitrogens with two attached hydrogens (primary N) is 1. The van der Waals surface area contributed by atoms with Gasteiger partial charge in [-0.05, 0) is 12.8 Å². The maximum absolute atomic E-state index is 11.2. The Morgan fingerprint density at radius 1 is 1.42 bits per heavy atom. The summed E-state index contributed by atoms with van der Waals surface area (Å²) in [6.45, 7) is 4.88. The van der Waals surface area contributed by atoms with Crippen molar-refractivity contribution in [3.63, 3.8) is 0 Å². The van der Waals surface area contributed by atoms with E-state index in [0.717, 1.165) is 32.2 Å². The van der Waals surface area contributed by atoms with Crippen LogP contribution in [0.1, 0.15) is 39.5 Å². The molecule has 1 atom stereocenters. The highest BCUT2D eigenvalue weighted by atomic mass is 16.2. The molecule has 0 saturated carbocycles. The highest BCUT2D eigenvalue weighted by molar-refractivity contribution is 5.81. The quantitative estimate of drug-likeness (QED) is 0.588. The number of unbranched alkanes of at least 4 members (excludes halogenated alkanes) is 1. The van der Waals surface area contributed by atoms with Gasteiger partial charge >= 0.3 is 0 Å². The second kappa shape index (κ2) is 7.10. The normalized spacial score (nSPS) is 12.6. The van der Waals surface area contributed by atoms with E-state index in [0.29, 0.717) is 0 Å². The average molecular weight is 172 g/mol. The van der Waals surface area contributed by atoms with Crippen LogP contribution in [0.3, 0.4) is 0 Å². The molecule has 3 N–H and O–H groups in total. The fraction of sp³-hybridized carbons (Fsp3) is 0.889. The van der Waals surface area contributed by atoms with Crippen LogP contribution in [0.15, 0.2) is 0 Å². The maximum Gasteiger partial charge on any atom is 0.236 e. The molecule has 0 saturated heterocycles. The van der Waals surface area contributed by atoms with Gasteiger partial charge in [0.1, 0.15) is 0 Å². The van der Waals surface area contributed by atoms with Crippen molar-refractivity contribution in [2.75, 3.05) is 6.54 Å². The Bertz CT molecular complexity index is 126. The first-order chi connectivity index (χ1) is 5.72. The summed E-state index contributed by atoms with van der Waals surface area (Å²) in [5.74, 6) is -0.00898. The summed E-state index contributed by atoms with van der Waals surface area (Å²) in [7, 11) is 0. The van der Waals surface area contributed by atoms with Crippen LogP contribution in [-0.4, -0.2) is 18.5 Å². The Morgan fingerprint density at radius 3 is 2.58 bits per heavy atom. The molecule has 0 fully saturated rings. The zero-order valence-electron chi connectivity index (χ0n) is 8.10. The van der Waals surface area contributed by atoms with Crippen LogP contribution in [0.25, 0.3) is 0 Å². The van der Waals surface area contributed by atoms with Gasteiger partial charge in [0.2, 0.25) is 5.91 Å². The summed E-state index contributed by atoms with van der Waals surface area (Å²) in [4.78, 5) is 11.2. The van der Waals surface area contributed by atoms with Gasteiger partial charge in [0.25, 0.3) is 0 Å². The first kappa shape index (κ1) is 11.4. The lowest BCUT2D eigenvalue weighted by Crippen LogP contribution is -2.40. The molecule has 3 nitrogen and oxygen atoms in total. The minimum absolute atomic E-state index is 0.00898. The molecular weight excluding hydrogens is 152 g/mol. The molecule has 0 aromatic heterocycles. The number of nitrogens with one attached hydrogen (secondary N) is 1. The minimum atomic E-state index is -0.313. The van der Waals surface area contributed by atoms with Crippen LogP contribution >= 0.6 is 0 Å². The van der Waals surface area contributed by atoms with Crippen molar-refractivity contribution in [1.29, 1.82) is 0 Å². The first-order valence-electron chi connectivity index (χ1n) is 4.75. The molecule has 0 aliphatic heterocycles. The summed E-state index contributed by atoms with van der Waals surface area (Å²) in [5.41, 5.74) is 5.60. The largest absolute Gasteiger partial charge is 0.355 e. The van der Waals surface area contributed by atoms with Gasteiger partial charge in [-0.2, -0.15) is 0 Å². The summed E-state index contributed by atoms with van der Waals surface area (Å²) in [6.07, 6.45) is 3.87. The van der Waals surface area contributed by atoms with Crippen LogP contribution in [0.2, 0.25) is 0 Å². The fourth-order valence-electron chi connectivity index (χ4n) is 0.962. The number of hydrogen-bond donors (Lipinski definition) is 2. The zero-order valence-corrected chi connectivity index (χ0v) is 8.10. The van der Waals surface area contributed by atoms with Crippen molar-refractivity contribution in [1.82, 2.24) is 5.32 Å². The number of rotatable bonds is 6. The lowest BCUT2D eigenvalue weighted by molar-refractivity contribution is -0.122. The van der Waals surface area contributed by atoms with Crippen molar-refractivity contribution in [3.8, 4) is 0 Å². The molecule has 0 radical (unpaired) electrons. The topological polar surface area (TPSA) is 55.1 Å². The highest BCUT2D eigenvalue weighted by Gasteiger charge is 2.10. The Balaban J connectivity index is 3.43. The first-order valence-corrected chi connectivity index (χ1v) is 4.75. The molecule has 0 aliphatic rings. The molecule has 0 aliphatic carbocycles. The lowest BCUT2D eigenvalue weighted by Gasteiger charge is -2.10. The highest BCUT2D eigenvalue weighted by Crippen LogP contribution is 1.93. The molecule has 3 heteroatoms. The molecule has 0 aromatic rings. The molecular formula is C9H20N2O. The van der Waals surface area contributed by atoms with Crippen molar-refractivity contribution in [2.24, 2.45) is 5.73 Å². The Morgan fingerprint density at radius 2 is 2.08 bits per heavy atom. The van der Waals surface area contributed by atoms with Crippen molar-refractivity contribution >= 4 is 5.91 Å². The number of amides is 1. The van der Waals surface area contributed by atoms with Crippen LogP contribution in [0.5, 0.6) is 0 Å². The van der Waals surface area contributed by atoms with Crippen molar-refractivity contribution in [3.05, 3.63) is 0 Å². The van der Waals surface area contributed by atoms with E-state index in [2.05, 4.69) is 12.2 Å². The van der Waals surface area contributed by atoms with Crippen molar-refractivity contribution < 1.29 is 4.79 Å². The molecule has 72 valence electrons.